The largest absolute Gasteiger partial charge is 0.457 e. The summed E-state index contributed by atoms with van der Waals surface area (Å²) in [7, 11) is 0. The van der Waals surface area contributed by atoms with Gasteiger partial charge in [-0.3, -0.25) is 0 Å². The minimum Gasteiger partial charge on any atom is -0.457 e. The van der Waals surface area contributed by atoms with Gasteiger partial charge in [-0.1, -0.05) is 158 Å². The van der Waals surface area contributed by atoms with E-state index in [2.05, 4.69) is 205 Å². The third-order valence-corrected chi connectivity index (χ3v) is 11.3. The van der Waals surface area contributed by atoms with E-state index < -0.39 is 5.41 Å². The van der Waals surface area contributed by atoms with Crippen LogP contribution in [0.5, 0.6) is 11.5 Å². The Labute approximate surface area is 308 Å². The minimum absolute atomic E-state index is 0.475. The fraction of sp³-hybridized carbons (Fsp3) is 0.0196. The van der Waals surface area contributed by atoms with Gasteiger partial charge in [0.15, 0.2) is 0 Å². The average molecular weight is 676 g/mol. The molecule has 9 aromatic carbocycles. The second kappa shape index (κ2) is 11.6. The Morgan fingerprint density at radius 1 is 0.358 bits per heavy atom. The summed E-state index contributed by atoms with van der Waals surface area (Å²) in [4.78, 5) is 2.43. The number of ether oxygens (including phenoxy) is 1. The van der Waals surface area contributed by atoms with Crippen molar-refractivity contribution in [3.05, 3.63) is 222 Å². The Morgan fingerprint density at radius 3 is 1.55 bits per heavy atom. The van der Waals surface area contributed by atoms with E-state index in [-0.39, 0.29) is 0 Å². The summed E-state index contributed by atoms with van der Waals surface area (Å²) in [5.41, 5.74) is 12.8. The van der Waals surface area contributed by atoms with Crippen LogP contribution in [0, 0.1) is 0 Å². The molecule has 0 saturated heterocycles. The lowest BCUT2D eigenvalue weighted by Crippen LogP contribution is -2.32. The molecule has 0 amide bonds. The Kier molecular flexibility index (Phi) is 6.50. The van der Waals surface area contributed by atoms with Crippen LogP contribution in [0.2, 0.25) is 0 Å². The molecule has 0 bridgehead atoms. The Hall–Kier alpha value is -6.90. The second-order valence-corrected chi connectivity index (χ2v) is 14.0. The van der Waals surface area contributed by atoms with E-state index in [1.165, 1.54) is 66.1 Å². The molecule has 11 rings (SSSR count). The van der Waals surface area contributed by atoms with Crippen molar-refractivity contribution in [3.63, 3.8) is 0 Å². The molecular weight excluding hydrogens is 643 g/mol. The monoisotopic (exact) mass is 675 g/mol. The van der Waals surface area contributed by atoms with E-state index in [9.17, 15) is 0 Å². The van der Waals surface area contributed by atoms with E-state index in [1.54, 1.807) is 0 Å². The number of hydrogen-bond acceptors (Lipinski definition) is 2. The zero-order valence-corrected chi connectivity index (χ0v) is 28.9. The zero-order chi connectivity index (χ0) is 34.9. The number of hydrogen-bond donors (Lipinski definition) is 0. The molecule has 1 heterocycles. The summed E-state index contributed by atoms with van der Waals surface area (Å²) in [6.07, 6.45) is 0. The van der Waals surface area contributed by atoms with Gasteiger partial charge in [0.1, 0.15) is 11.5 Å². The highest BCUT2D eigenvalue weighted by atomic mass is 16.5. The third-order valence-electron chi connectivity index (χ3n) is 11.3. The molecule has 2 aliphatic rings. The molecule has 0 saturated carbocycles. The van der Waals surface area contributed by atoms with Crippen molar-refractivity contribution in [1.82, 2.24) is 0 Å². The lowest BCUT2D eigenvalue weighted by molar-refractivity contribution is 0.436. The van der Waals surface area contributed by atoms with Gasteiger partial charge in [-0.15, -0.1) is 0 Å². The van der Waals surface area contributed by atoms with Gasteiger partial charge in [-0.25, -0.2) is 0 Å². The van der Waals surface area contributed by atoms with Crippen LogP contribution >= 0.6 is 0 Å². The predicted octanol–water partition coefficient (Wildman–Crippen LogP) is 13.6. The highest BCUT2D eigenvalue weighted by Gasteiger charge is 2.50. The Morgan fingerprint density at radius 2 is 0.868 bits per heavy atom. The van der Waals surface area contributed by atoms with E-state index in [0.717, 1.165) is 28.6 Å². The van der Waals surface area contributed by atoms with Crippen LogP contribution in [0.1, 0.15) is 22.3 Å². The van der Waals surface area contributed by atoms with Crippen LogP contribution < -0.4 is 9.64 Å². The Bertz CT molecular complexity index is 2770. The predicted molar refractivity (Wildman–Crippen MR) is 219 cm³/mol. The minimum atomic E-state index is -0.475. The highest BCUT2D eigenvalue weighted by Crippen LogP contribution is 2.62. The van der Waals surface area contributed by atoms with Gasteiger partial charge in [0.25, 0.3) is 0 Å². The van der Waals surface area contributed by atoms with Gasteiger partial charge in [0.2, 0.25) is 0 Å². The van der Waals surface area contributed by atoms with Crippen molar-refractivity contribution in [1.29, 1.82) is 0 Å². The first-order valence-electron chi connectivity index (χ1n) is 18.3. The first kappa shape index (κ1) is 29.8. The molecule has 0 aromatic heterocycles. The maximum absolute atomic E-state index is 6.54. The van der Waals surface area contributed by atoms with E-state index in [4.69, 9.17) is 4.74 Å². The molecule has 2 heteroatoms. The van der Waals surface area contributed by atoms with Crippen LogP contribution in [0.3, 0.4) is 0 Å². The number of rotatable bonds is 4. The number of fused-ring (bicyclic) bond motifs is 11. The molecule has 9 aromatic rings. The molecule has 0 unspecified atom stereocenters. The maximum atomic E-state index is 6.54. The van der Waals surface area contributed by atoms with Gasteiger partial charge in [0, 0.05) is 27.6 Å². The molecular formula is C51H33NO. The fourth-order valence-electron chi connectivity index (χ4n) is 9.08. The second-order valence-electron chi connectivity index (χ2n) is 14.0. The van der Waals surface area contributed by atoms with Crippen LogP contribution in [0.4, 0.5) is 17.1 Å². The van der Waals surface area contributed by atoms with Gasteiger partial charge in [-0.05, 0) is 86.6 Å². The lowest BCUT2D eigenvalue weighted by Gasteiger charge is -2.39. The van der Waals surface area contributed by atoms with Crippen LogP contribution in [0.25, 0.3) is 43.8 Å². The van der Waals surface area contributed by atoms with Gasteiger partial charge in [-0.2, -0.15) is 0 Å². The normalized spacial score (nSPS) is 13.2. The standard InChI is InChI=1S/C51H33NO/c1-3-20-39-34(14-1)16-12-26-47(39)52(48-27-13-17-35-15-2-4-21-40(35)48)38-19-11-18-36(32-38)37-30-31-44-42(33-37)41-22-5-6-23-43(41)51(44)45-24-7-9-28-49(45)53-50-29-10-8-25-46(50)51/h1-33H. The average Bonchev–Trinajstić information content (AvgIpc) is 3.51. The van der Waals surface area contributed by atoms with Crippen LogP contribution in [0.15, 0.2) is 200 Å². The molecule has 1 spiro atoms. The van der Waals surface area contributed by atoms with Crippen molar-refractivity contribution in [3.8, 4) is 33.8 Å². The fourth-order valence-corrected chi connectivity index (χ4v) is 9.08. The molecule has 0 fully saturated rings. The van der Waals surface area contributed by atoms with Crippen LogP contribution in [-0.2, 0) is 5.41 Å². The van der Waals surface area contributed by atoms with Crippen molar-refractivity contribution < 1.29 is 4.74 Å². The van der Waals surface area contributed by atoms with Crippen molar-refractivity contribution >= 4 is 38.6 Å². The molecule has 0 radical (unpaired) electrons. The quantitative estimate of drug-likeness (QED) is 0.184. The summed E-state index contributed by atoms with van der Waals surface area (Å²) in [5, 5.41) is 4.86. The zero-order valence-electron chi connectivity index (χ0n) is 28.9. The van der Waals surface area contributed by atoms with Gasteiger partial charge < -0.3 is 9.64 Å². The number of benzene rings is 9. The number of para-hydroxylation sites is 2. The van der Waals surface area contributed by atoms with Gasteiger partial charge >= 0.3 is 0 Å². The molecule has 0 atom stereocenters. The molecule has 1 aliphatic heterocycles. The third kappa shape index (κ3) is 4.33. The lowest BCUT2D eigenvalue weighted by atomic mass is 9.66. The van der Waals surface area contributed by atoms with Crippen LogP contribution in [-0.4, -0.2) is 0 Å². The molecule has 2 nitrogen and oxygen atoms in total. The van der Waals surface area contributed by atoms with E-state index >= 15 is 0 Å². The first-order chi connectivity index (χ1) is 26.3. The molecule has 0 N–H and O–H groups in total. The number of anilines is 3. The summed E-state index contributed by atoms with van der Waals surface area (Å²) >= 11 is 0. The Balaban J connectivity index is 1.12. The van der Waals surface area contributed by atoms with E-state index in [1.807, 2.05) is 0 Å². The topological polar surface area (TPSA) is 12.5 Å². The highest BCUT2D eigenvalue weighted by molar-refractivity contribution is 6.05. The van der Waals surface area contributed by atoms with Crippen molar-refractivity contribution in [2.45, 2.75) is 5.41 Å². The summed E-state index contributed by atoms with van der Waals surface area (Å²) < 4.78 is 6.54. The molecule has 53 heavy (non-hydrogen) atoms. The number of nitrogens with zero attached hydrogens (tertiary/aromatic N) is 1. The summed E-state index contributed by atoms with van der Waals surface area (Å²) in [6.45, 7) is 0. The SMILES string of the molecule is c1cc(-c2ccc3c(c2)-c2ccccc2C32c3ccccc3Oc3ccccc32)cc(N(c2cccc3ccccc23)c2cccc3ccccc23)c1. The van der Waals surface area contributed by atoms with Gasteiger partial charge in [0.05, 0.1) is 16.8 Å². The van der Waals surface area contributed by atoms with Crippen molar-refractivity contribution in [2.24, 2.45) is 0 Å². The van der Waals surface area contributed by atoms with Crippen molar-refractivity contribution in [2.75, 3.05) is 4.90 Å². The molecule has 248 valence electrons. The maximum Gasteiger partial charge on any atom is 0.132 e. The summed E-state index contributed by atoms with van der Waals surface area (Å²) in [6, 6.07) is 72.7. The first-order valence-corrected chi connectivity index (χ1v) is 18.3. The smallest absolute Gasteiger partial charge is 0.132 e. The summed E-state index contributed by atoms with van der Waals surface area (Å²) in [5.74, 6) is 1.82. The molecule has 1 aliphatic carbocycles. The van der Waals surface area contributed by atoms with E-state index in [0.29, 0.717) is 0 Å².